The Hall–Kier alpha value is -0.490. The number of fused-ring (bicyclic) bond motifs is 1. The van der Waals surface area contributed by atoms with Gasteiger partial charge in [0.1, 0.15) is 0 Å². The van der Waals surface area contributed by atoms with Crippen molar-refractivity contribution >= 4 is 11.6 Å². The number of halogens is 1. The smallest absolute Gasteiger partial charge is 0.0440 e. The molecule has 1 aromatic rings. The predicted octanol–water partition coefficient (Wildman–Crippen LogP) is 4.08. The Kier molecular flexibility index (Phi) is 2.15. The SMILES string of the molecule is Cc1cc(Cl)c(C)c2c1CC(C)(C)C2. The van der Waals surface area contributed by atoms with Gasteiger partial charge in [0, 0.05) is 5.02 Å². The maximum Gasteiger partial charge on any atom is 0.0440 e. The molecule has 0 heterocycles. The average Bonchev–Trinajstić information content (AvgIpc) is 2.38. The van der Waals surface area contributed by atoms with Gasteiger partial charge in [-0.3, -0.25) is 0 Å². The minimum Gasteiger partial charge on any atom is -0.0840 e. The van der Waals surface area contributed by atoms with Crippen LogP contribution in [0.1, 0.15) is 36.1 Å². The van der Waals surface area contributed by atoms with E-state index < -0.39 is 0 Å². The maximum absolute atomic E-state index is 6.19. The molecule has 0 radical (unpaired) electrons. The van der Waals surface area contributed by atoms with Crippen molar-refractivity contribution in [2.24, 2.45) is 5.41 Å². The molecule has 1 heteroatoms. The van der Waals surface area contributed by atoms with Crippen LogP contribution in [0.2, 0.25) is 5.02 Å². The summed E-state index contributed by atoms with van der Waals surface area (Å²) in [5.41, 5.74) is 6.11. The molecule has 0 nitrogen and oxygen atoms in total. The van der Waals surface area contributed by atoms with Crippen molar-refractivity contribution in [3.8, 4) is 0 Å². The molecule has 0 fully saturated rings. The molecule has 0 spiro atoms. The molecule has 1 aliphatic rings. The maximum atomic E-state index is 6.19. The lowest BCUT2D eigenvalue weighted by molar-refractivity contribution is 0.392. The van der Waals surface area contributed by atoms with E-state index in [2.05, 4.69) is 33.8 Å². The molecule has 0 atom stereocenters. The fourth-order valence-corrected chi connectivity index (χ4v) is 2.78. The van der Waals surface area contributed by atoms with Gasteiger partial charge in [-0.2, -0.15) is 0 Å². The number of benzene rings is 1. The van der Waals surface area contributed by atoms with Crippen LogP contribution in [0.25, 0.3) is 0 Å². The van der Waals surface area contributed by atoms with Crippen molar-refractivity contribution in [3.63, 3.8) is 0 Å². The molecule has 2 rings (SSSR count). The number of aryl methyl sites for hydroxylation is 1. The summed E-state index contributed by atoms with van der Waals surface area (Å²) in [4.78, 5) is 0. The van der Waals surface area contributed by atoms with Crippen LogP contribution >= 0.6 is 11.6 Å². The largest absolute Gasteiger partial charge is 0.0840 e. The zero-order valence-corrected chi connectivity index (χ0v) is 10.1. The van der Waals surface area contributed by atoms with Crippen molar-refractivity contribution in [1.29, 1.82) is 0 Å². The molecule has 1 aromatic carbocycles. The van der Waals surface area contributed by atoms with Crippen LogP contribution in [0.15, 0.2) is 6.07 Å². The van der Waals surface area contributed by atoms with Gasteiger partial charge in [-0.05, 0) is 60.4 Å². The van der Waals surface area contributed by atoms with E-state index in [-0.39, 0.29) is 0 Å². The van der Waals surface area contributed by atoms with E-state index in [1.165, 1.54) is 35.1 Å². The summed E-state index contributed by atoms with van der Waals surface area (Å²) >= 11 is 6.19. The van der Waals surface area contributed by atoms with Crippen molar-refractivity contribution < 1.29 is 0 Å². The van der Waals surface area contributed by atoms with Gasteiger partial charge in [0.2, 0.25) is 0 Å². The Balaban J connectivity index is 2.61. The molecule has 1 aliphatic carbocycles. The molecular formula is C13H17Cl. The monoisotopic (exact) mass is 208 g/mol. The lowest BCUT2D eigenvalue weighted by Gasteiger charge is -2.15. The Morgan fingerprint density at radius 2 is 1.71 bits per heavy atom. The summed E-state index contributed by atoms with van der Waals surface area (Å²) in [5.74, 6) is 0. The molecule has 76 valence electrons. The molecule has 0 saturated carbocycles. The molecule has 0 unspecified atom stereocenters. The molecule has 0 N–H and O–H groups in total. The highest BCUT2D eigenvalue weighted by molar-refractivity contribution is 6.31. The van der Waals surface area contributed by atoms with E-state index in [9.17, 15) is 0 Å². The molecular weight excluding hydrogens is 192 g/mol. The van der Waals surface area contributed by atoms with E-state index in [4.69, 9.17) is 11.6 Å². The molecule has 14 heavy (non-hydrogen) atoms. The second-order valence-electron chi connectivity index (χ2n) is 5.28. The van der Waals surface area contributed by atoms with E-state index >= 15 is 0 Å². The average molecular weight is 209 g/mol. The molecule has 0 saturated heterocycles. The third kappa shape index (κ3) is 1.46. The molecule has 0 amide bonds. The molecule has 0 aliphatic heterocycles. The van der Waals surface area contributed by atoms with Gasteiger partial charge in [-0.1, -0.05) is 25.4 Å². The minimum atomic E-state index is 0.419. The van der Waals surface area contributed by atoms with Gasteiger partial charge in [-0.25, -0.2) is 0 Å². The third-order valence-corrected chi connectivity index (χ3v) is 3.70. The Bertz CT molecular complexity index is 389. The summed E-state index contributed by atoms with van der Waals surface area (Å²) < 4.78 is 0. The van der Waals surface area contributed by atoms with Crippen LogP contribution in [0.5, 0.6) is 0 Å². The Labute approximate surface area is 91.3 Å². The summed E-state index contributed by atoms with van der Waals surface area (Å²) in [7, 11) is 0. The van der Waals surface area contributed by atoms with Crippen molar-refractivity contribution in [2.75, 3.05) is 0 Å². The number of hydrogen-bond acceptors (Lipinski definition) is 0. The fraction of sp³-hybridized carbons (Fsp3) is 0.538. The lowest BCUT2D eigenvalue weighted by atomic mass is 9.90. The van der Waals surface area contributed by atoms with E-state index in [0.717, 1.165) is 5.02 Å². The number of hydrogen-bond donors (Lipinski definition) is 0. The van der Waals surface area contributed by atoms with Crippen LogP contribution in [0.3, 0.4) is 0 Å². The van der Waals surface area contributed by atoms with Gasteiger partial charge in [0.25, 0.3) is 0 Å². The quantitative estimate of drug-likeness (QED) is 0.603. The normalized spacial score (nSPS) is 18.4. The molecule has 0 aromatic heterocycles. The summed E-state index contributed by atoms with van der Waals surface area (Å²) in [6, 6.07) is 2.11. The highest BCUT2D eigenvalue weighted by Crippen LogP contribution is 2.41. The second kappa shape index (κ2) is 3.00. The van der Waals surface area contributed by atoms with Crippen LogP contribution in [0, 0.1) is 19.3 Å². The van der Waals surface area contributed by atoms with Crippen LogP contribution in [-0.2, 0) is 12.8 Å². The van der Waals surface area contributed by atoms with Gasteiger partial charge in [-0.15, -0.1) is 0 Å². The van der Waals surface area contributed by atoms with Gasteiger partial charge < -0.3 is 0 Å². The van der Waals surface area contributed by atoms with Crippen molar-refractivity contribution in [1.82, 2.24) is 0 Å². The summed E-state index contributed by atoms with van der Waals surface area (Å²) in [6.07, 6.45) is 2.38. The zero-order chi connectivity index (χ0) is 10.5. The van der Waals surface area contributed by atoms with E-state index in [1.807, 2.05) is 0 Å². The van der Waals surface area contributed by atoms with Crippen molar-refractivity contribution in [3.05, 3.63) is 33.3 Å². The first kappa shape index (κ1) is 10.0. The van der Waals surface area contributed by atoms with Gasteiger partial charge in [0.15, 0.2) is 0 Å². The van der Waals surface area contributed by atoms with Crippen LogP contribution in [0.4, 0.5) is 0 Å². The van der Waals surface area contributed by atoms with E-state index in [1.54, 1.807) is 0 Å². The standard InChI is InChI=1S/C13H17Cl/c1-8-5-12(14)9(2)11-7-13(3,4)6-10(8)11/h5H,6-7H2,1-4H3. The number of rotatable bonds is 0. The second-order valence-corrected chi connectivity index (χ2v) is 5.68. The van der Waals surface area contributed by atoms with Crippen LogP contribution in [-0.4, -0.2) is 0 Å². The summed E-state index contributed by atoms with van der Waals surface area (Å²) in [5, 5.41) is 0.930. The minimum absolute atomic E-state index is 0.419. The fourth-order valence-electron chi connectivity index (χ4n) is 2.50. The molecule has 0 bridgehead atoms. The van der Waals surface area contributed by atoms with Crippen molar-refractivity contribution in [2.45, 2.75) is 40.5 Å². The predicted molar refractivity (Wildman–Crippen MR) is 62.1 cm³/mol. The van der Waals surface area contributed by atoms with Gasteiger partial charge in [0.05, 0.1) is 0 Å². The summed E-state index contributed by atoms with van der Waals surface area (Å²) in [6.45, 7) is 8.98. The highest BCUT2D eigenvalue weighted by atomic mass is 35.5. The first-order valence-electron chi connectivity index (χ1n) is 5.18. The Morgan fingerprint density at radius 3 is 2.36 bits per heavy atom. The lowest BCUT2D eigenvalue weighted by Crippen LogP contribution is -2.09. The zero-order valence-electron chi connectivity index (χ0n) is 9.37. The topological polar surface area (TPSA) is 0 Å². The first-order valence-corrected chi connectivity index (χ1v) is 5.56. The Morgan fingerprint density at radius 1 is 1.14 bits per heavy atom. The van der Waals surface area contributed by atoms with E-state index in [0.29, 0.717) is 5.41 Å². The first-order chi connectivity index (χ1) is 6.41. The highest BCUT2D eigenvalue weighted by Gasteiger charge is 2.31. The van der Waals surface area contributed by atoms with Crippen LogP contribution < -0.4 is 0 Å². The van der Waals surface area contributed by atoms with Gasteiger partial charge >= 0.3 is 0 Å². The third-order valence-electron chi connectivity index (χ3n) is 3.31.